The minimum Gasteiger partial charge on any atom is -0.377 e. The molecule has 1 aliphatic heterocycles. The van der Waals surface area contributed by atoms with E-state index in [0.717, 1.165) is 0 Å². The fourth-order valence-corrected chi connectivity index (χ4v) is 2.00. The van der Waals surface area contributed by atoms with Crippen molar-refractivity contribution in [2.45, 2.75) is 26.2 Å². The van der Waals surface area contributed by atoms with Crippen molar-refractivity contribution in [3.05, 3.63) is 22.9 Å². The summed E-state index contributed by atoms with van der Waals surface area (Å²) in [5.74, 6) is 0. The summed E-state index contributed by atoms with van der Waals surface area (Å²) in [5, 5.41) is 0. The third-order valence-electron chi connectivity index (χ3n) is 2.72. The third kappa shape index (κ3) is 1.09. The molecule has 0 N–H and O–H groups in total. The van der Waals surface area contributed by atoms with E-state index in [-0.39, 0.29) is 0 Å². The summed E-state index contributed by atoms with van der Waals surface area (Å²) in [5.41, 5.74) is 4.74. The molecule has 2 aliphatic rings. The van der Waals surface area contributed by atoms with Gasteiger partial charge in [0.05, 0.1) is 0 Å². The molecule has 0 spiro atoms. The minimum absolute atomic E-state index is 1.23. The topological polar surface area (TPSA) is 3.24 Å². The van der Waals surface area contributed by atoms with Crippen LogP contribution in [-0.2, 0) is 0 Å². The summed E-state index contributed by atoms with van der Waals surface area (Å²) in [6.07, 6.45) is 6.18. The van der Waals surface area contributed by atoms with Gasteiger partial charge in [0.25, 0.3) is 0 Å². The summed E-state index contributed by atoms with van der Waals surface area (Å²) in [6, 6.07) is 0. The van der Waals surface area contributed by atoms with Crippen LogP contribution in [0.2, 0.25) is 0 Å². The second kappa shape index (κ2) is 2.40. The molecule has 0 amide bonds. The van der Waals surface area contributed by atoms with Crippen molar-refractivity contribution in [3.8, 4) is 0 Å². The number of hydrogen-bond acceptors (Lipinski definition) is 1. The molecule has 1 nitrogen and oxygen atoms in total. The van der Waals surface area contributed by atoms with Crippen LogP contribution in [0.25, 0.3) is 0 Å². The fraction of sp³-hybridized carbons (Fsp3) is 0.600. The standard InChI is InChI=1S/C10H15N/c1-8-3-4-10-9(7-8)5-6-11(10)2/h7H,3-6H2,1-2H3. The van der Waals surface area contributed by atoms with Crippen LogP contribution in [0.5, 0.6) is 0 Å². The van der Waals surface area contributed by atoms with Crippen molar-refractivity contribution in [1.82, 2.24) is 4.90 Å². The highest BCUT2D eigenvalue weighted by atomic mass is 15.1. The van der Waals surface area contributed by atoms with Gasteiger partial charge in [-0.2, -0.15) is 0 Å². The number of nitrogens with zero attached hydrogens (tertiary/aromatic N) is 1. The summed E-state index contributed by atoms with van der Waals surface area (Å²) >= 11 is 0. The molecule has 11 heavy (non-hydrogen) atoms. The maximum absolute atomic E-state index is 2.40. The monoisotopic (exact) mass is 149 g/mol. The fourth-order valence-electron chi connectivity index (χ4n) is 2.00. The molecule has 1 heteroatoms. The summed E-state index contributed by atoms with van der Waals surface area (Å²) in [6.45, 7) is 3.47. The quantitative estimate of drug-likeness (QED) is 0.511. The van der Waals surface area contributed by atoms with Crippen LogP contribution < -0.4 is 0 Å². The van der Waals surface area contributed by atoms with Crippen LogP contribution >= 0.6 is 0 Å². The molecule has 2 rings (SSSR count). The molecular weight excluding hydrogens is 134 g/mol. The van der Waals surface area contributed by atoms with E-state index in [0.29, 0.717) is 0 Å². The molecule has 0 aromatic heterocycles. The molecule has 1 aliphatic carbocycles. The van der Waals surface area contributed by atoms with Crippen molar-refractivity contribution in [2.75, 3.05) is 13.6 Å². The van der Waals surface area contributed by atoms with Crippen LogP contribution in [0.1, 0.15) is 26.2 Å². The van der Waals surface area contributed by atoms with Crippen molar-refractivity contribution >= 4 is 0 Å². The zero-order valence-corrected chi connectivity index (χ0v) is 7.35. The molecule has 1 heterocycles. The normalized spacial score (nSPS) is 23.8. The molecule has 0 saturated heterocycles. The molecule has 60 valence electrons. The van der Waals surface area contributed by atoms with Gasteiger partial charge < -0.3 is 4.90 Å². The molecule has 0 fully saturated rings. The first-order valence-electron chi connectivity index (χ1n) is 4.38. The predicted molar refractivity (Wildman–Crippen MR) is 47.3 cm³/mol. The van der Waals surface area contributed by atoms with E-state index in [9.17, 15) is 0 Å². The van der Waals surface area contributed by atoms with Gasteiger partial charge in [-0.1, -0.05) is 11.6 Å². The van der Waals surface area contributed by atoms with E-state index in [1.54, 1.807) is 16.8 Å². The average molecular weight is 149 g/mol. The van der Waals surface area contributed by atoms with Gasteiger partial charge in [0.2, 0.25) is 0 Å². The van der Waals surface area contributed by atoms with Gasteiger partial charge in [0.15, 0.2) is 0 Å². The second-order valence-electron chi connectivity index (χ2n) is 3.63. The molecule has 0 saturated carbocycles. The first-order valence-corrected chi connectivity index (χ1v) is 4.38. The minimum atomic E-state index is 1.23. The lowest BCUT2D eigenvalue weighted by atomic mass is 9.98. The van der Waals surface area contributed by atoms with Crippen LogP contribution in [0.4, 0.5) is 0 Å². The number of hydrogen-bond donors (Lipinski definition) is 0. The lowest BCUT2D eigenvalue weighted by molar-refractivity contribution is 0.441. The van der Waals surface area contributed by atoms with E-state index in [1.807, 2.05) is 0 Å². The largest absolute Gasteiger partial charge is 0.377 e. The third-order valence-corrected chi connectivity index (χ3v) is 2.72. The molecule has 0 bridgehead atoms. The molecule has 0 atom stereocenters. The number of allylic oxidation sites excluding steroid dienone is 3. The Labute approximate surface area is 68.4 Å². The molecular formula is C10H15N. The molecule has 0 aromatic carbocycles. The Hall–Kier alpha value is -0.720. The Morgan fingerprint density at radius 1 is 1.27 bits per heavy atom. The van der Waals surface area contributed by atoms with E-state index in [2.05, 4.69) is 24.9 Å². The van der Waals surface area contributed by atoms with Crippen LogP contribution in [0.15, 0.2) is 22.9 Å². The Balaban J connectivity index is 2.30. The van der Waals surface area contributed by atoms with Gasteiger partial charge in [0, 0.05) is 19.3 Å². The van der Waals surface area contributed by atoms with Crippen LogP contribution in [-0.4, -0.2) is 18.5 Å². The van der Waals surface area contributed by atoms with Gasteiger partial charge in [-0.05, 0) is 31.8 Å². The second-order valence-corrected chi connectivity index (χ2v) is 3.63. The lowest BCUT2D eigenvalue weighted by Crippen LogP contribution is -2.13. The molecule has 0 unspecified atom stereocenters. The Morgan fingerprint density at radius 3 is 2.91 bits per heavy atom. The first-order chi connectivity index (χ1) is 5.27. The summed E-state index contributed by atoms with van der Waals surface area (Å²) < 4.78 is 0. The number of rotatable bonds is 0. The van der Waals surface area contributed by atoms with Crippen LogP contribution in [0.3, 0.4) is 0 Å². The van der Waals surface area contributed by atoms with E-state index < -0.39 is 0 Å². The smallest absolute Gasteiger partial charge is 0.0213 e. The van der Waals surface area contributed by atoms with Crippen LogP contribution in [0, 0.1) is 0 Å². The van der Waals surface area contributed by atoms with Gasteiger partial charge in [0.1, 0.15) is 0 Å². The highest BCUT2D eigenvalue weighted by molar-refractivity contribution is 5.35. The molecule has 0 radical (unpaired) electrons. The summed E-state index contributed by atoms with van der Waals surface area (Å²) in [4.78, 5) is 2.40. The Bertz CT molecular complexity index is 235. The highest BCUT2D eigenvalue weighted by Gasteiger charge is 2.20. The zero-order valence-electron chi connectivity index (χ0n) is 7.35. The van der Waals surface area contributed by atoms with E-state index >= 15 is 0 Å². The highest BCUT2D eigenvalue weighted by Crippen LogP contribution is 2.32. The van der Waals surface area contributed by atoms with E-state index in [1.165, 1.54) is 25.8 Å². The summed E-state index contributed by atoms with van der Waals surface area (Å²) in [7, 11) is 2.21. The molecule has 0 aromatic rings. The van der Waals surface area contributed by atoms with E-state index in [4.69, 9.17) is 0 Å². The Kier molecular flexibility index (Phi) is 1.52. The van der Waals surface area contributed by atoms with Crippen molar-refractivity contribution in [2.24, 2.45) is 0 Å². The average Bonchev–Trinajstić information content (AvgIpc) is 2.32. The van der Waals surface area contributed by atoms with Crippen molar-refractivity contribution < 1.29 is 0 Å². The van der Waals surface area contributed by atoms with Gasteiger partial charge in [-0.15, -0.1) is 0 Å². The van der Waals surface area contributed by atoms with Crippen molar-refractivity contribution in [3.63, 3.8) is 0 Å². The van der Waals surface area contributed by atoms with Gasteiger partial charge in [-0.3, -0.25) is 0 Å². The maximum Gasteiger partial charge on any atom is 0.0213 e. The van der Waals surface area contributed by atoms with Gasteiger partial charge >= 0.3 is 0 Å². The SMILES string of the molecule is CC1=CC2=C(CC1)N(C)CC2. The zero-order chi connectivity index (χ0) is 7.84. The predicted octanol–water partition coefficient (Wildman–Crippen LogP) is 2.32. The maximum atomic E-state index is 2.40. The Morgan fingerprint density at radius 2 is 2.09 bits per heavy atom. The van der Waals surface area contributed by atoms with Gasteiger partial charge in [-0.25, -0.2) is 0 Å². The van der Waals surface area contributed by atoms with Crippen molar-refractivity contribution in [1.29, 1.82) is 0 Å². The first kappa shape index (κ1) is 6.96. The lowest BCUT2D eigenvalue weighted by Gasteiger charge is -2.19.